The predicted molar refractivity (Wildman–Crippen MR) is 78.0 cm³/mol. The summed E-state index contributed by atoms with van der Waals surface area (Å²) in [4.78, 5) is 23.7. The third-order valence-electron chi connectivity index (χ3n) is 3.92. The summed E-state index contributed by atoms with van der Waals surface area (Å²) in [6.45, 7) is 1.99. The van der Waals surface area contributed by atoms with E-state index in [1.54, 1.807) is 6.26 Å². The Morgan fingerprint density at radius 1 is 1.38 bits per heavy atom. The van der Waals surface area contributed by atoms with E-state index < -0.39 is 6.10 Å². The van der Waals surface area contributed by atoms with Gasteiger partial charge in [0.25, 0.3) is 0 Å². The molecule has 0 N–H and O–H groups in total. The van der Waals surface area contributed by atoms with Crippen molar-refractivity contribution in [1.82, 2.24) is 0 Å². The maximum atomic E-state index is 12.0. The Balaban J connectivity index is 1.70. The largest absolute Gasteiger partial charge is 0.464 e. The highest BCUT2D eigenvalue weighted by Crippen LogP contribution is 2.24. The quantitative estimate of drug-likeness (QED) is 0.812. The number of Topliss-reactive ketones (excluding diaryl/α,β-unsaturated/α-hetero) is 1. The third kappa shape index (κ3) is 2.99. The topological polar surface area (TPSA) is 56.5 Å². The van der Waals surface area contributed by atoms with Crippen molar-refractivity contribution in [2.45, 2.75) is 45.1 Å². The Morgan fingerprint density at radius 2 is 2.24 bits per heavy atom. The van der Waals surface area contributed by atoms with Gasteiger partial charge in [0, 0.05) is 17.4 Å². The van der Waals surface area contributed by atoms with E-state index in [4.69, 9.17) is 9.15 Å². The molecule has 0 bridgehead atoms. The van der Waals surface area contributed by atoms with Crippen LogP contribution in [-0.4, -0.2) is 17.9 Å². The van der Waals surface area contributed by atoms with E-state index >= 15 is 0 Å². The molecular weight excluding hydrogens is 268 g/mol. The zero-order valence-corrected chi connectivity index (χ0v) is 12.1. The lowest BCUT2D eigenvalue weighted by Gasteiger charge is -2.20. The molecule has 2 aromatic rings. The standard InChI is InChI=1S/C17H18O4/c1-11-6-7-13-12(10-20-16(13)8-11)9-17(19)21-15-5-3-2-4-14(15)18/h6-8,10,15H,2-5,9H2,1H3/t15-/m1/s1. The van der Waals surface area contributed by atoms with E-state index in [1.165, 1.54) is 0 Å². The lowest BCUT2D eigenvalue weighted by molar-refractivity contribution is -0.156. The van der Waals surface area contributed by atoms with Crippen LogP contribution in [0.1, 0.15) is 36.8 Å². The van der Waals surface area contributed by atoms with Crippen molar-refractivity contribution < 1.29 is 18.7 Å². The molecule has 1 aromatic carbocycles. The number of fused-ring (bicyclic) bond motifs is 1. The van der Waals surface area contributed by atoms with Crippen LogP contribution in [0.2, 0.25) is 0 Å². The van der Waals surface area contributed by atoms with Gasteiger partial charge in [0.1, 0.15) is 5.58 Å². The highest BCUT2D eigenvalue weighted by molar-refractivity contribution is 5.89. The van der Waals surface area contributed by atoms with E-state index in [0.29, 0.717) is 12.8 Å². The third-order valence-corrected chi connectivity index (χ3v) is 3.92. The van der Waals surface area contributed by atoms with Gasteiger partial charge in [-0.05, 0) is 37.8 Å². The van der Waals surface area contributed by atoms with Crippen molar-refractivity contribution >= 4 is 22.7 Å². The van der Waals surface area contributed by atoms with Gasteiger partial charge in [-0.2, -0.15) is 0 Å². The van der Waals surface area contributed by atoms with Crippen LogP contribution in [0.3, 0.4) is 0 Å². The van der Waals surface area contributed by atoms with Crippen molar-refractivity contribution in [2.24, 2.45) is 0 Å². The van der Waals surface area contributed by atoms with Gasteiger partial charge < -0.3 is 9.15 Å². The average molecular weight is 286 g/mol. The van der Waals surface area contributed by atoms with Crippen LogP contribution in [0.25, 0.3) is 11.0 Å². The Kier molecular flexibility index (Phi) is 3.78. The molecule has 1 aliphatic rings. The fraction of sp³-hybridized carbons (Fsp3) is 0.412. The van der Waals surface area contributed by atoms with Gasteiger partial charge in [0.2, 0.25) is 0 Å². The summed E-state index contributed by atoms with van der Waals surface area (Å²) in [7, 11) is 0. The molecule has 4 nitrogen and oxygen atoms in total. The SMILES string of the molecule is Cc1ccc2c(CC(=O)O[C@@H]3CCCCC3=O)coc2c1. The molecule has 4 heteroatoms. The average Bonchev–Trinajstić information content (AvgIpc) is 2.83. The highest BCUT2D eigenvalue weighted by atomic mass is 16.5. The smallest absolute Gasteiger partial charge is 0.311 e. The van der Waals surface area contributed by atoms with Crippen molar-refractivity contribution in [3.05, 3.63) is 35.6 Å². The zero-order chi connectivity index (χ0) is 14.8. The second-order valence-corrected chi connectivity index (χ2v) is 5.63. The number of furan rings is 1. The molecule has 1 fully saturated rings. The first kappa shape index (κ1) is 13.9. The minimum Gasteiger partial charge on any atom is -0.464 e. The number of ketones is 1. The van der Waals surface area contributed by atoms with Crippen molar-refractivity contribution in [3.63, 3.8) is 0 Å². The minimum atomic E-state index is -0.549. The Hall–Kier alpha value is -2.10. The van der Waals surface area contributed by atoms with E-state index in [1.807, 2.05) is 25.1 Å². The van der Waals surface area contributed by atoms with Gasteiger partial charge in [-0.15, -0.1) is 0 Å². The Labute approximate surface area is 123 Å². The maximum Gasteiger partial charge on any atom is 0.311 e. The fourth-order valence-corrected chi connectivity index (χ4v) is 2.76. The number of rotatable bonds is 3. The van der Waals surface area contributed by atoms with Crippen LogP contribution in [-0.2, 0) is 20.7 Å². The summed E-state index contributed by atoms with van der Waals surface area (Å²) < 4.78 is 10.8. The molecule has 0 amide bonds. The number of carbonyl (C=O) groups is 2. The number of benzene rings is 1. The van der Waals surface area contributed by atoms with Gasteiger partial charge in [-0.1, -0.05) is 12.1 Å². The maximum absolute atomic E-state index is 12.0. The molecule has 21 heavy (non-hydrogen) atoms. The molecule has 0 aliphatic heterocycles. The highest BCUT2D eigenvalue weighted by Gasteiger charge is 2.26. The van der Waals surface area contributed by atoms with Gasteiger partial charge in [-0.25, -0.2) is 0 Å². The van der Waals surface area contributed by atoms with E-state index in [0.717, 1.165) is 34.9 Å². The van der Waals surface area contributed by atoms with Crippen molar-refractivity contribution in [2.75, 3.05) is 0 Å². The minimum absolute atomic E-state index is 0.0438. The molecule has 0 saturated heterocycles. The number of ether oxygens (including phenoxy) is 1. The monoisotopic (exact) mass is 286 g/mol. The number of aryl methyl sites for hydroxylation is 1. The van der Waals surface area contributed by atoms with E-state index in [-0.39, 0.29) is 18.2 Å². The summed E-state index contributed by atoms with van der Waals surface area (Å²) in [5.74, 6) is -0.319. The van der Waals surface area contributed by atoms with Gasteiger partial charge in [0.05, 0.1) is 12.7 Å². The van der Waals surface area contributed by atoms with Crippen LogP contribution in [0, 0.1) is 6.92 Å². The molecule has 1 atom stereocenters. The summed E-state index contributed by atoms with van der Waals surface area (Å²) >= 11 is 0. The first-order chi connectivity index (χ1) is 10.1. The fourth-order valence-electron chi connectivity index (χ4n) is 2.76. The predicted octanol–water partition coefficient (Wildman–Crippen LogP) is 3.34. The number of carbonyl (C=O) groups excluding carboxylic acids is 2. The second-order valence-electron chi connectivity index (χ2n) is 5.63. The Bertz CT molecular complexity index is 683. The van der Waals surface area contributed by atoms with E-state index in [9.17, 15) is 9.59 Å². The zero-order valence-electron chi connectivity index (χ0n) is 12.1. The van der Waals surface area contributed by atoms with Gasteiger partial charge in [-0.3, -0.25) is 9.59 Å². The van der Waals surface area contributed by atoms with Gasteiger partial charge in [0.15, 0.2) is 11.9 Å². The molecule has 3 rings (SSSR count). The molecule has 0 spiro atoms. The van der Waals surface area contributed by atoms with Crippen LogP contribution < -0.4 is 0 Å². The first-order valence-corrected chi connectivity index (χ1v) is 7.32. The normalized spacial score (nSPS) is 18.9. The lowest BCUT2D eigenvalue weighted by Crippen LogP contribution is -2.30. The van der Waals surface area contributed by atoms with Gasteiger partial charge >= 0.3 is 5.97 Å². The van der Waals surface area contributed by atoms with Crippen molar-refractivity contribution in [3.8, 4) is 0 Å². The molecule has 0 unspecified atom stereocenters. The Morgan fingerprint density at radius 3 is 3.05 bits per heavy atom. The lowest BCUT2D eigenvalue weighted by atomic mass is 9.96. The number of esters is 1. The van der Waals surface area contributed by atoms with Crippen LogP contribution in [0.5, 0.6) is 0 Å². The van der Waals surface area contributed by atoms with Crippen LogP contribution in [0.15, 0.2) is 28.9 Å². The molecule has 0 radical (unpaired) electrons. The first-order valence-electron chi connectivity index (χ1n) is 7.32. The van der Waals surface area contributed by atoms with Crippen molar-refractivity contribution in [1.29, 1.82) is 0 Å². The molecular formula is C17H18O4. The van der Waals surface area contributed by atoms with Crippen LogP contribution >= 0.6 is 0 Å². The molecule has 110 valence electrons. The molecule has 1 saturated carbocycles. The van der Waals surface area contributed by atoms with Crippen LogP contribution in [0.4, 0.5) is 0 Å². The summed E-state index contributed by atoms with van der Waals surface area (Å²) in [6.07, 6.45) is 4.19. The molecule has 1 aliphatic carbocycles. The molecule has 1 heterocycles. The molecule has 1 aromatic heterocycles. The second kappa shape index (κ2) is 5.72. The summed E-state index contributed by atoms with van der Waals surface area (Å²) in [5.41, 5.74) is 2.68. The summed E-state index contributed by atoms with van der Waals surface area (Å²) in [6, 6.07) is 5.87. The number of hydrogen-bond donors (Lipinski definition) is 0. The summed E-state index contributed by atoms with van der Waals surface area (Å²) in [5, 5.41) is 0.924. The number of hydrogen-bond acceptors (Lipinski definition) is 4. The van der Waals surface area contributed by atoms with E-state index in [2.05, 4.69) is 0 Å².